The fraction of sp³-hybridized carbons (Fsp3) is 0.688. The fourth-order valence-electron chi connectivity index (χ4n) is 3.10. The van der Waals surface area contributed by atoms with Crippen molar-refractivity contribution in [2.45, 2.75) is 58.1 Å². The summed E-state index contributed by atoms with van der Waals surface area (Å²) in [6.45, 7) is 4.95. The number of furan rings is 1. The Morgan fingerprint density at radius 1 is 1.50 bits per heavy atom. The van der Waals surface area contributed by atoms with E-state index in [1.54, 1.807) is 18.4 Å². The smallest absolute Gasteiger partial charge is 0.225 e. The fourth-order valence-corrected chi connectivity index (χ4v) is 3.10. The van der Waals surface area contributed by atoms with Crippen LogP contribution in [0.1, 0.15) is 57.8 Å². The van der Waals surface area contributed by atoms with Crippen LogP contribution in [0.4, 0.5) is 0 Å². The molecule has 1 aromatic heterocycles. The summed E-state index contributed by atoms with van der Waals surface area (Å²) in [5.41, 5.74) is 0. The quantitative estimate of drug-likeness (QED) is 0.870. The minimum absolute atomic E-state index is 0.122. The highest BCUT2D eigenvalue weighted by Gasteiger charge is 2.33. The molecule has 1 aliphatic heterocycles. The van der Waals surface area contributed by atoms with Crippen LogP contribution in [0.5, 0.6) is 0 Å². The lowest BCUT2D eigenvalue weighted by molar-refractivity contribution is -0.137. The van der Waals surface area contributed by atoms with Gasteiger partial charge < -0.3 is 14.4 Å². The molecule has 4 heteroatoms. The summed E-state index contributed by atoms with van der Waals surface area (Å²) in [5.74, 6) is 0.965. The summed E-state index contributed by atoms with van der Waals surface area (Å²) in [7, 11) is 0. The van der Waals surface area contributed by atoms with Crippen molar-refractivity contribution in [1.82, 2.24) is 4.90 Å². The molecule has 0 spiro atoms. The van der Waals surface area contributed by atoms with E-state index in [4.69, 9.17) is 4.42 Å². The van der Waals surface area contributed by atoms with Gasteiger partial charge in [0.15, 0.2) is 0 Å². The Hall–Kier alpha value is -1.29. The second-order valence-electron chi connectivity index (χ2n) is 5.61. The zero-order chi connectivity index (χ0) is 14.5. The normalized spacial score (nSPS) is 20.6. The summed E-state index contributed by atoms with van der Waals surface area (Å²) < 4.78 is 5.24. The Bertz CT molecular complexity index is 411. The highest BCUT2D eigenvalue weighted by atomic mass is 16.4. The maximum atomic E-state index is 12.5. The molecule has 0 aromatic carbocycles. The topological polar surface area (TPSA) is 53.7 Å². The van der Waals surface area contributed by atoms with Gasteiger partial charge in [-0.1, -0.05) is 13.8 Å². The van der Waals surface area contributed by atoms with Gasteiger partial charge in [-0.05, 0) is 37.8 Å². The van der Waals surface area contributed by atoms with E-state index in [9.17, 15) is 9.90 Å². The van der Waals surface area contributed by atoms with Crippen LogP contribution in [0, 0.1) is 5.92 Å². The zero-order valence-corrected chi connectivity index (χ0v) is 12.4. The predicted octanol–water partition coefficient (Wildman–Crippen LogP) is 3.13. The van der Waals surface area contributed by atoms with E-state index in [0.29, 0.717) is 12.2 Å². The van der Waals surface area contributed by atoms with E-state index in [-0.39, 0.29) is 17.9 Å². The summed E-state index contributed by atoms with van der Waals surface area (Å²) in [6.07, 6.45) is 5.30. The van der Waals surface area contributed by atoms with E-state index in [2.05, 4.69) is 13.8 Å². The SMILES string of the molecule is CCC(CC)C(=O)N1CCC[C@@H]1C[C@H](O)c1ccco1. The highest BCUT2D eigenvalue weighted by molar-refractivity contribution is 5.79. The maximum absolute atomic E-state index is 12.5. The molecule has 1 saturated heterocycles. The van der Waals surface area contributed by atoms with Gasteiger partial charge in [-0.3, -0.25) is 4.79 Å². The third-order valence-corrected chi connectivity index (χ3v) is 4.36. The number of aliphatic hydroxyl groups is 1. The lowest BCUT2D eigenvalue weighted by Crippen LogP contribution is -2.40. The first kappa shape index (κ1) is 15.1. The van der Waals surface area contributed by atoms with Crippen molar-refractivity contribution in [2.24, 2.45) is 5.92 Å². The van der Waals surface area contributed by atoms with Gasteiger partial charge in [0.25, 0.3) is 0 Å². The summed E-state index contributed by atoms with van der Waals surface area (Å²) in [4.78, 5) is 14.5. The van der Waals surface area contributed by atoms with Crippen molar-refractivity contribution in [3.8, 4) is 0 Å². The Kier molecular flexibility index (Phi) is 5.24. The first-order valence-corrected chi connectivity index (χ1v) is 7.69. The number of carbonyl (C=O) groups excluding carboxylic acids is 1. The van der Waals surface area contributed by atoms with Gasteiger partial charge in [0.05, 0.1) is 6.26 Å². The molecule has 0 unspecified atom stereocenters. The minimum atomic E-state index is -0.620. The number of hydrogen-bond donors (Lipinski definition) is 1. The van der Waals surface area contributed by atoms with Crippen LogP contribution in [-0.2, 0) is 4.79 Å². The zero-order valence-electron chi connectivity index (χ0n) is 12.4. The van der Waals surface area contributed by atoms with Crippen LogP contribution in [0.25, 0.3) is 0 Å². The molecule has 0 radical (unpaired) electrons. The predicted molar refractivity (Wildman–Crippen MR) is 77.1 cm³/mol. The molecule has 20 heavy (non-hydrogen) atoms. The van der Waals surface area contributed by atoms with Crippen molar-refractivity contribution in [3.63, 3.8) is 0 Å². The third kappa shape index (κ3) is 3.23. The first-order chi connectivity index (χ1) is 9.67. The molecule has 4 nitrogen and oxygen atoms in total. The highest BCUT2D eigenvalue weighted by Crippen LogP contribution is 2.29. The average molecular weight is 279 g/mol. The van der Waals surface area contributed by atoms with Crippen molar-refractivity contribution >= 4 is 5.91 Å². The summed E-state index contributed by atoms with van der Waals surface area (Å²) in [5, 5.41) is 10.2. The van der Waals surface area contributed by atoms with Crippen LogP contribution >= 0.6 is 0 Å². The molecule has 2 rings (SSSR count). The molecule has 2 atom stereocenters. The molecule has 1 N–H and O–H groups in total. The molecule has 0 bridgehead atoms. The largest absolute Gasteiger partial charge is 0.467 e. The first-order valence-electron chi connectivity index (χ1n) is 7.69. The maximum Gasteiger partial charge on any atom is 0.225 e. The van der Waals surface area contributed by atoms with E-state index in [0.717, 1.165) is 32.2 Å². The van der Waals surface area contributed by atoms with E-state index in [1.165, 1.54) is 0 Å². The molecule has 1 fully saturated rings. The molecular weight excluding hydrogens is 254 g/mol. The Morgan fingerprint density at radius 3 is 2.85 bits per heavy atom. The minimum Gasteiger partial charge on any atom is -0.467 e. The number of rotatable bonds is 6. The summed E-state index contributed by atoms with van der Waals surface area (Å²) >= 11 is 0. The van der Waals surface area contributed by atoms with E-state index < -0.39 is 6.10 Å². The Morgan fingerprint density at radius 2 is 2.25 bits per heavy atom. The lowest BCUT2D eigenvalue weighted by atomic mass is 9.99. The van der Waals surface area contributed by atoms with Crippen LogP contribution < -0.4 is 0 Å². The molecule has 0 aliphatic carbocycles. The molecule has 1 aromatic rings. The van der Waals surface area contributed by atoms with Crippen LogP contribution in [0.3, 0.4) is 0 Å². The number of likely N-dealkylation sites (tertiary alicyclic amines) is 1. The van der Waals surface area contributed by atoms with Crippen molar-refractivity contribution in [1.29, 1.82) is 0 Å². The van der Waals surface area contributed by atoms with Gasteiger partial charge in [0.1, 0.15) is 11.9 Å². The van der Waals surface area contributed by atoms with E-state index in [1.807, 2.05) is 4.90 Å². The Balaban J connectivity index is 1.98. The second kappa shape index (κ2) is 6.93. The molecule has 1 amide bonds. The number of amides is 1. The van der Waals surface area contributed by atoms with Gasteiger partial charge in [-0.25, -0.2) is 0 Å². The standard InChI is InChI=1S/C16H25NO3/c1-3-12(4-2)16(19)17-9-5-7-13(17)11-14(18)15-8-6-10-20-15/h6,8,10,12-14,18H,3-5,7,9,11H2,1-2H3/t13-,14+/m1/s1. The van der Waals surface area contributed by atoms with Crippen LogP contribution in [-0.4, -0.2) is 28.5 Å². The van der Waals surface area contributed by atoms with Gasteiger partial charge in [0.2, 0.25) is 5.91 Å². The number of nitrogens with zero attached hydrogens (tertiary/aromatic N) is 1. The van der Waals surface area contributed by atoms with Crippen molar-refractivity contribution in [2.75, 3.05) is 6.54 Å². The van der Waals surface area contributed by atoms with Crippen molar-refractivity contribution in [3.05, 3.63) is 24.2 Å². The Labute approximate surface area is 120 Å². The molecule has 2 heterocycles. The van der Waals surface area contributed by atoms with Gasteiger partial charge in [-0.2, -0.15) is 0 Å². The van der Waals surface area contributed by atoms with E-state index >= 15 is 0 Å². The number of aliphatic hydroxyl groups excluding tert-OH is 1. The van der Waals surface area contributed by atoms with Gasteiger partial charge in [0, 0.05) is 24.9 Å². The van der Waals surface area contributed by atoms with Gasteiger partial charge in [-0.15, -0.1) is 0 Å². The summed E-state index contributed by atoms with van der Waals surface area (Å²) in [6, 6.07) is 3.70. The van der Waals surface area contributed by atoms with Crippen LogP contribution in [0.2, 0.25) is 0 Å². The number of carbonyl (C=O) groups is 1. The monoisotopic (exact) mass is 279 g/mol. The van der Waals surface area contributed by atoms with Crippen molar-refractivity contribution < 1.29 is 14.3 Å². The molecule has 0 saturated carbocycles. The third-order valence-electron chi connectivity index (χ3n) is 4.36. The lowest BCUT2D eigenvalue weighted by Gasteiger charge is -2.29. The van der Waals surface area contributed by atoms with Crippen LogP contribution in [0.15, 0.2) is 22.8 Å². The van der Waals surface area contributed by atoms with Gasteiger partial charge >= 0.3 is 0 Å². The molecular formula is C16H25NO3. The molecule has 1 aliphatic rings. The second-order valence-corrected chi connectivity index (χ2v) is 5.61. The average Bonchev–Trinajstić information content (AvgIpc) is 3.11. The number of hydrogen-bond acceptors (Lipinski definition) is 3. The molecule has 112 valence electrons.